The van der Waals surface area contributed by atoms with E-state index in [0.29, 0.717) is 25.9 Å². The van der Waals surface area contributed by atoms with Crippen LogP contribution < -0.4 is 4.72 Å². The molecule has 9 nitrogen and oxygen atoms in total. The van der Waals surface area contributed by atoms with E-state index >= 15 is 0 Å². The van der Waals surface area contributed by atoms with Crippen molar-refractivity contribution in [2.75, 3.05) is 19.6 Å². The van der Waals surface area contributed by atoms with E-state index in [-0.39, 0.29) is 35.9 Å². The molecule has 5 unspecified atom stereocenters. The van der Waals surface area contributed by atoms with E-state index in [9.17, 15) is 23.1 Å². The lowest BCUT2D eigenvalue weighted by molar-refractivity contribution is -0.224. The molecule has 0 spiro atoms. The highest BCUT2D eigenvalue weighted by Gasteiger charge is 2.76. The summed E-state index contributed by atoms with van der Waals surface area (Å²) in [6, 6.07) is 0. The van der Waals surface area contributed by atoms with Gasteiger partial charge in [-0.15, -0.1) is 0 Å². The SMILES string of the molecule is CC1(C)O[C@@H]2CC3C4CCC5=CC(=O)C=CC5(C)C4[C@@H](O)CC3(C)[C@]2(C(=O)CNS(=O)(=O)N2CCCCC2)O1. The number of piperidine rings is 1. The van der Waals surface area contributed by atoms with E-state index < -0.39 is 44.6 Å². The maximum absolute atomic E-state index is 14.2. The summed E-state index contributed by atoms with van der Waals surface area (Å²) in [4.78, 5) is 26.4. The molecule has 6 aliphatic rings. The monoisotopic (exact) mass is 562 g/mol. The fraction of sp³-hybridized carbons (Fsp3) is 0.793. The van der Waals surface area contributed by atoms with Gasteiger partial charge in [0.2, 0.25) is 0 Å². The average molecular weight is 563 g/mol. The molecule has 2 heterocycles. The number of ether oxygens (including phenoxy) is 2. The highest BCUT2D eigenvalue weighted by atomic mass is 32.2. The maximum atomic E-state index is 14.2. The molecule has 0 aromatic carbocycles. The molecule has 216 valence electrons. The number of carbonyl (C=O) groups excluding carboxylic acids is 2. The Balaban J connectivity index is 1.32. The van der Waals surface area contributed by atoms with Crippen molar-refractivity contribution in [2.45, 2.75) is 96.2 Å². The number of ketones is 2. The van der Waals surface area contributed by atoms with Gasteiger partial charge in [-0.2, -0.15) is 17.4 Å². The second-order valence-electron chi connectivity index (χ2n) is 13.5. The second kappa shape index (κ2) is 9.03. The molecule has 0 bridgehead atoms. The first-order chi connectivity index (χ1) is 18.2. The smallest absolute Gasteiger partial charge is 0.279 e. The third kappa shape index (κ3) is 4.00. The predicted molar refractivity (Wildman–Crippen MR) is 144 cm³/mol. The van der Waals surface area contributed by atoms with Crippen molar-refractivity contribution in [3.8, 4) is 0 Å². The lowest BCUT2D eigenvalue weighted by Gasteiger charge is -2.60. The number of allylic oxidation sites excluding steroid dienone is 4. The van der Waals surface area contributed by atoms with Crippen LogP contribution in [-0.4, -0.2) is 72.6 Å². The third-order valence-corrected chi connectivity index (χ3v) is 12.5. The first-order valence-corrected chi connectivity index (χ1v) is 16.0. The van der Waals surface area contributed by atoms with E-state index in [1.165, 1.54) is 4.31 Å². The molecule has 5 fully saturated rings. The normalized spacial score (nSPS) is 45.2. The maximum Gasteiger partial charge on any atom is 0.279 e. The van der Waals surface area contributed by atoms with Gasteiger partial charge >= 0.3 is 0 Å². The summed E-state index contributed by atoms with van der Waals surface area (Å²) in [7, 11) is -3.80. The summed E-state index contributed by atoms with van der Waals surface area (Å²) in [5, 5.41) is 11.8. The topological polar surface area (TPSA) is 122 Å². The van der Waals surface area contributed by atoms with Crippen molar-refractivity contribution in [3.63, 3.8) is 0 Å². The van der Waals surface area contributed by atoms with Crippen LogP contribution in [0.25, 0.3) is 0 Å². The zero-order valence-electron chi connectivity index (χ0n) is 23.4. The van der Waals surface area contributed by atoms with E-state index in [1.807, 2.05) is 13.0 Å². The molecule has 0 amide bonds. The molecule has 2 N–H and O–H groups in total. The minimum atomic E-state index is -3.80. The second-order valence-corrected chi connectivity index (χ2v) is 15.3. The van der Waals surface area contributed by atoms with Gasteiger partial charge in [0.15, 0.2) is 23.0 Å². The molecule has 8 atom stereocenters. The van der Waals surface area contributed by atoms with Crippen molar-refractivity contribution in [1.82, 2.24) is 9.03 Å². The van der Waals surface area contributed by atoms with E-state index in [2.05, 4.69) is 11.6 Å². The largest absolute Gasteiger partial charge is 0.393 e. The van der Waals surface area contributed by atoms with Gasteiger partial charge in [0.05, 0.1) is 18.8 Å². The highest BCUT2D eigenvalue weighted by molar-refractivity contribution is 7.87. The molecule has 6 rings (SSSR count). The highest BCUT2D eigenvalue weighted by Crippen LogP contribution is 2.70. The zero-order valence-corrected chi connectivity index (χ0v) is 24.3. The summed E-state index contributed by atoms with van der Waals surface area (Å²) < 4.78 is 43.0. The van der Waals surface area contributed by atoms with Crippen LogP contribution in [0.3, 0.4) is 0 Å². The zero-order chi connectivity index (χ0) is 28.0. The fourth-order valence-electron chi connectivity index (χ4n) is 9.41. The van der Waals surface area contributed by atoms with Gasteiger partial charge in [-0.25, -0.2) is 0 Å². The summed E-state index contributed by atoms with van der Waals surface area (Å²) >= 11 is 0. The average Bonchev–Trinajstić information content (AvgIpc) is 3.29. The number of hydrogen-bond acceptors (Lipinski definition) is 7. The van der Waals surface area contributed by atoms with Gasteiger partial charge < -0.3 is 14.6 Å². The van der Waals surface area contributed by atoms with Crippen molar-refractivity contribution in [3.05, 3.63) is 23.8 Å². The number of nitrogens with one attached hydrogen (secondary N) is 1. The summed E-state index contributed by atoms with van der Waals surface area (Å²) in [5.41, 5.74) is -1.46. The van der Waals surface area contributed by atoms with Crippen LogP contribution in [0.4, 0.5) is 0 Å². The minimum Gasteiger partial charge on any atom is -0.393 e. The number of aliphatic hydroxyl groups excluding tert-OH is 1. The van der Waals surface area contributed by atoms with Crippen molar-refractivity contribution < 1.29 is 32.6 Å². The van der Waals surface area contributed by atoms with E-state index in [4.69, 9.17) is 9.47 Å². The Kier molecular flexibility index (Phi) is 6.42. The number of aliphatic hydroxyl groups is 1. The Labute approximate surface area is 231 Å². The van der Waals surface area contributed by atoms with E-state index in [1.54, 1.807) is 26.0 Å². The molecule has 2 saturated heterocycles. The van der Waals surface area contributed by atoms with Crippen molar-refractivity contribution >= 4 is 21.8 Å². The standard InChI is InChI=1S/C29H42N2O7S/c1-26(2)37-24-15-21-20-9-8-18-14-19(32)10-11-27(18,3)25(20)22(33)16-28(21,4)29(24,38-26)23(34)17-30-39(35,36)31-12-6-5-7-13-31/h10-11,14,20-22,24-25,30,33H,5-9,12-13,15-17H2,1-4H3/t20?,21?,22-,24+,25?,27?,28?,29+/m0/s1. The molecule has 3 saturated carbocycles. The van der Waals surface area contributed by atoms with Crippen molar-refractivity contribution in [2.24, 2.45) is 28.6 Å². The summed E-state index contributed by atoms with van der Waals surface area (Å²) in [6.45, 7) is 8.27. The molecule has 0 aromatic heterocycles. The molecular formula is C29H42N2O7S. The van der Waals surface area contributed by atoms with Crippen molar-refractivity contribution in [1.29, 1.82) is 0 Å². The van der Waals surface area contributed by atoms with Crippen LogP contribution in [0.5, 0.6) is 0 Å². The number of nitrogens with zero attached hydrogens (tertiary/aromatic N) is 1. The van der Waals surface area contributed by atoms with Crippen LogP contribution in [-0.2, 0) is 29.3 Å². The van der Waals surface area contributed by atoms with Gasteiger partial charge in [-0.3, -0.25) is 9.59 Å². The minimum absolute atomic E-state index is 0.00736. The molecule has 0 radical (unpaired) electrons. The molecule has 0 aromatic rings. The Hall–Kier alpha value is -1.43. The number of hydrogen-bond donors (Lipinski definition) is 2. The Morgan fingerprint density at radius 3 is 2.62 bits per heavy atom. The third-order valence-electron chi connectivity index (χ3n) is 11.0. The molecule has 39 heavy (non-hydrogen) atoms. The number of Topliss-reactive ketones (excluding diaryl/α,β-unsaturated/α-hetero) is 1. The van der Waals surface area contributed by atoms with Crippen LogP contribution in [0, 0.1) is 28.6 Å². The molecule has 10 heteroatoms. The fourth-order valence-corrected chi connectivity index (χ4v) is 10.6. The lowest BCUT2D eigenvalue weighted by Crippen LogP contribution is -2.64. The van der Waals surface area contributed by atoms with Gasteiger partial charge in [-0.05, 0) is 76.4 Å². The van der Waals surface area contributed by atoms with Crippen LogP contribution in [0.1, 0.15) is 72.6 Å². The number of fused-ring (bicyclic) bond motifs is 7. The summed E-state index contributed by atoms with van der Waals surface area (Å²) in [5.74, 6) is -1.29. The van der Waals surface area contributed by atoms with Crippen LogP contribution >= 0.6 is 0 Å². The number of rotatable bonds is 5. The van der Waals surface area contributed by atoms with Gasteiger partial charge in [0.25, 0.3) is 10.2 Å². The van der Waals surface area contributed by atoms with Gasteiger partial charge in [0, 0.05) is 29.8 Å². The first kappa shape index (κ1) is 27.7. The van der Waals surface area contributed by atoms with Crippen LogP contribution in [0.2, 0.25) is 0 Å². The van der Waals surface area contributed by atoms with Gasteiger partial charge in [0.1, 0.15) is 0 Å². The molecular weight excluding hydrogens is 520 g/mol. The predicted octanol–water partition coefficient (Wildman–Crippen LogP) is 2.65. The van der Waals surface area contributed by atoms with Crippen LogP contribution in [0.15, 0.2) is 23.8 Å². The Morgan fingerprint density at radius 1 is 1.18 bits per heavy atom. The number of carbonyl (C=O) groups is 2. The molecule has 2 aliphatic heterocycles. The Bertz CT molecular complexity index is 1240. The molecule has 4 aliphatic carbocycles. The van der Waals surface area contributed by atoms with E-state index in [0.717, 1.165) is 37.7 Å². The first-order valence-electron chi connectivity index (χ1n) is 14.5. The lowest BCUT2D eigenvalue weighted by atomic mass is 9.46. The van der Waals surface area contributed by atoms with Gasteiger partial charge in [-0.1, -0.05) is 31.9 Å². The quantitative estimate of drug-likeness (QED) is 0.528. The Morgan fingerprint density at radius 2 is 1.90 bits per heavy atom. The summed E-state index contributed by atoms with van der Waals surface area (Å²) in [6.07, 6.45) is 9.21.